The molecule has 140 valence electrons. The maximum atomic E-state index is 12.8. The molecule has 0 aliphatic carbocycles. The molecule has 3 rings (SSSR count). The number of carbonyl (C=O) groups is 1. The molecule has 0 radical (unpaired) electrons. The lowest BCUT2D eigenvalue weighted by Gasteiger charge is -2.30. The van der Waals surface area contributed by atoms with Crippen LogP contribution in [0.25, 0.3) is 0 Å². The number of thiocarbonyl (C=S) groups is 1. The van der Waals surface area contributed by atoms with Crippen LogP contribution in [0.3, 0.4) is 0 Å². The van der Waals surface area contributed by atoms with Gasteiger partial charge in [-0.25, -0.2) is 4.79 Å². The number of hydrogen-bond acceptors (Lipinski definition) is 3. The fraction of sp³-hybridized carbons (Fsp3) is 0.273. The van der Waals surface area contributed by atoms with Gasteiger partial charge in [0.15, 0.2) is 5.11 Å². The Morgan fingerprint density at radius 1 is 1.11 bits per heavy atom. The number of esters is 1. The number of nitrogens with one attached hydrogen (secondary N) is 2. The summed E-state index contributed by atoms with van der Waals surface area (Å²) in [6.45, 7) is 6.40. The van der Waals surface area contributed by atoms with Gasteiger partial charge < -0.3 is 15.4 Å². The third-order valence-electron chi connectivity index (χ3n) is 4.64. The van der Waals surface area contributed by atoms with E-state index in [0.29, 0.717) is 16.6 Å². The second kappa shape index (κ2) is 8.35. The highest BCUT2D eigenvalue weighted by atomic mass is 32.1. The van der Waals surface area contributed by atoms with Gasteiger partial charge in [0.2, 0.25) is 0 Å². The monoisotopic (exact) mass is 380 g/mol. The van der Waals surface area contributed by atoms with Crippen LogP contribution in [0.1, 0.15) is 49.4 Å². The maximum Gasteiger partial charge on any atom is 0.338 e. The van der Waals surface area contributed by atoms with E-state index in [0.717, 1.165) is 16.8 Å². The molecule has 1 heterocycles. The van der Waals surface area contributed by atoms with Crippen molar-refractivity contribution in [2.45, 2.75) is 39.3 Å². The first-order valence-electron chi connectivity index (χ1n) is 9.05. The molecule has 0 bridgehead atoms. The number of ether oxygens (including phenoxy) is 1. The Morgan fingerprint density at radius 3 is 2.41 bits per heavy atom. The van der Waals surface area contributed by atoms with Crippen molar-refractivity contribution in [3.8, 4) is 0 Å². The molecule has 5 heteroatoms. The van der Waals surface area contributed by atoms with Gasteiger partial charge in [-0.1, -0.05) is 68.4 Å². The van der Waals surface area contributed by atoms with Gasteiger partial charge in [-0.05, 0) is 41.7 Å². The molecule has 0 unspecified atom stereocenters. The van der Waals surface area contributed by atoms with Gasteiger partial charge in [0.05, 0.1) is 11.6 Å². The Labute approximate surface area is 165 Å². The molecule has 1 aliphatic rings. The van der Waals surface area contributed by atoms with E-state index < -0.39 is 0 Å². The van der Waals surface area contributed by atoms with E-state index >= 15 is 0 Å². The molecule has 0 amide bonds. The molecule has 2 aromatic rings. The lowest BCUT2D eigenvalue weighted by atomic mass is 9.93. The van der Waals surface area contributed by atoms with Gasteiger partial charge in [0, 0.05) is 5.70 Å². The zero-order valence-corrected chi connectivity index (χ0v) is 16.6. The highest BCUT2D eigenvalue weighted by Gasteiger charge is 2.31. The lowest BCUT2D eigenvalue weighted by Crippen LogP contribution is -2.45. The average molecular weight is 381 g/mol. The van der Waals surface area contributed by atoms with Crippen molar-refractivity contribution in [3.05, 3.63) is 82.6 Å². The predicted molar refractivity (Wildman–Crippen MR) is 111 cm³/mol. The fourth-order valence-corrected chi connectivity index (χ4v) is 3.36. The number of hydrogen-bond donors (Lipinski definition) is 2. The SMILES string of the molecule is CC1=C(C(=O)OCc2ccccc2)[C@@H](c2ccc(C(C)C)cc2)NC(=S)N1. The second-order valence-corrected chi connectivity index (χ2v) is 7.36. The Bertz CT molecular complexity index is 858. The first-order chi connectivity index (χ1) is 13.0. The summed E-state index contributed by atoms with van der Waals surface area (Å²) >= 11 is 5.30. The molecule has 1 aliphatic heterocycles. The molecule has 0 aromatic heterocycles. The van der Waals surface area contributed by atoms with Gasteiger partial charge in [-0.15, -0.1) is 0 Å². The number of carbonyl (C=O) groups excluding carboxylic acids is 1. The van der Waals surface area contributed by atoms with E-state index in [1.165, 1.54) is 5.56 Å². The van der Waals surface area contributed by atoms with Crippen LogP contribution in [-0.2, 0) is 16.1 Å². The minimum atomic E-state index is -0.350. The number of allylic oxidation sites excluding steroid dienone is 1. The fourth-order valence-electron chi connectivity index (χ4n) is 3.09. The van der Waals surface area contributed by atoms with Crippen LogP contribution in [0.5, 0.6) is 0 Å². The summed E-state index contributed by atoms with van der Waals surface area (Å²) in [6, 6.07) is 17.6. The number of benzene rings is 2. The van der Waals surface area contributed by atoms with Crippen molar-refractivity contribution in [1.29, 1.82) is 0 Å². The Morgan fingerprint density at radius 2 is 1.78 bits per heavy atom. The van der Waals surface area contributed by atoms with E-state index in [-0.39, 0.29) is 18.6 Å². The first kappa shape index (κ1) is 19.1. The smallest absolute Gasteiger partial charge is 0.338 e. The zero-order valence-electron chi connectivity index (χ0n) is 15.8. The highest BCUT2D eigenvalue weighted by molar-refractivity contribution is 7.80. The topological polar surface area (TPSA) is 50.4 Å². The minimum absolute atomic E-state index is 0.236. The van der Waals surface area contributed by atoms with E-state index in [2.05, 4.69) is 36.6 Å². The standard InChI is InChI=1S/C22H24N2O2S/c1-14(2)17-9-11-18(12-10-17)20-19(15(3)23-22(27)24-20)21(25)26-13-16-7-5-4-6-8-16/h4-12,14,20H,13H2,1-3H3,(H2,23,24,27)/t20-/m1/s1. The van der Waals surface area contributed by atoms with E-state index in [1.54, 1.807) is 0 Å². The normalized spacial score (nSPS) is 16.7. The summed E-state index contributed by atoms with van der Waals surface area (Å²) in [7, 11) is 0. The highest BCUT2D eigenvalue weighted by Crippen LogP contribution is 2.29. The molecular weight excluding hydrogens is 356 g/mol. The zero-order chi connectivity index (χ0) is 19.4. The molecule has 0 saturated heterocycles. The molecule has 2 aromatic carbocycles. The Kier molecular flexibility index (Phi) is 5.91. The van der Waals surface area contributed by atoms with Crippen LogP contribution in [-0.4, -0.2) is 11.1 Å². The van der Waals surface area contributed by atoms with Gasteiger partial charge >= 0.3 is 5.97 Å². The summed E-state index contributed by atoms with van der Waals surface area (Å²) in [5.74, 6) is 0.102. The van der Waals surface area contributed by atoms with E-state index in [4.69, 9.17) is 17.0 Å². The third kappa shape index (κ3) is 4.55. The van der Waals surface area contributed by atoms with Crippen LogP contribution in [0, 0.1) is 0 Å². The summed E-state index contributed by atoms with van der Waals surface area (Å²) < 4.78 is 5.57. The molecule has 27 heavy (non-hydrogen) atoms. The molecule has 0 saturated carbocycles. The summed E-state index contributed by atoms with van der Waals surface area (Å²) in [4.78, 5) is 12.8. The van der Waals surface area contributed by atoms with E-state index in [1.807, 2.05) is 49.4 Å². The largest absolute Gasteiger partial charge is 0.457 e. The molecular formula is C22H24N2O2S. The summed E-state index contributed by atoms with van der Waals surface area (Å²) in [6.07, 6.45) is 0. The first-order valence-corrected chi connectivity index (χ1v) is 9.45. The molecule has 0 spiro atoms. The molecule has 2 N–H and O–H groups in total. The van der Waals surface area contributed by atoms with Crippen LogP contribution >= 0.6 is 12.2 Å². The number of rotatable bonds is 5. The van der Waals surface area contributed by atoms with Crippen molar-refractivity contribution in [2.24, 2.45) is 0 Å². The van der Waals surface area contributed by atoms with Crippen LogP contribution in [0.15, 0.2) is 65.9 Å². The molecule has 4 nitrogen and oxygen atoms in total. The maximum absolute atomic E-state index is 12.8. The van der Waals surface area contributed by atoms with Crippen molar-refractivity contribution < 1.29 is 9.53 Å². The van der Waals surface area contributed by atoms with Crippen LogP contribution < -0.4 is 10.6 Å². The Hall–Kier alpha value is -2.66. The second-order valence-electron chi connectivity index (χ2n) is 6.95. The lowest BCUT2D eigenvalue weighted by molar-refractivity contribution is -0.140. The van der Waals surface area contributed by atoms with E-state index in [9.17, 15) is 4.79 Å². The van der Waals surface area contributed by atoms with Gasteiger partial charge in [0.25, 0.3) is 0 Å². The summed E-state index contributed by atoms with van der Waals surface area (Å²) in [5.41, 5.74) is 4.46. The average Bonchev–Trinajstić information content (AvgIpc) is 2.66. The van der Waals surface area contributed by atoms with Crippen molar-refractivity contribution in [3.63, 3.8) is 0 Å². The third-order valence-corrected chi connectivity index (χ3v) is 4.86. The molecule has 0 fully saturated rings. The summed E-state index contributed by atoms with van der Waals surface area (Å²) in [5, 5.41) is 6.74. The molecule has 1 atom stereocenters. The van der Waals surface area contributed by atoms with Crippen molar-refractivity contribution >= 4 is 23.3 Å². The Balaban J connectivity index is 1.84. The van der Waals surface area contributed by atoms with Crippen molar-refractivity contribution in [2.75, 3.05) is 0 Å². The van der Waals surface area contributed by atoms with Gasteiger partial charge in [0.1, 0.15) is 6.61 Å². The predicted octanol–water partition coefficient (Wildman–Crippen LogP) is 4.35. The van der Waals surface area contributed by atoms with Crippen LogP contribution in [0.4, 0.5) is 0 Å². The van der Waals surface area contributed by atoms with Gasteiger partial charge in [-0.3, -0.25) is 0 Å². The van der Waals surface area contributed by atoms with Gasteiger partial charge in [-0.2, -0.15) is 0 Å². The minimum Gasteiger partial charge on any atom is -0.457 e. The van der Waals surface area contributed by atoms with Crippen LogP contribution in [0.2, 0.25) is 0 Å². The van der Waals surface area contributed by atoms with Crippen molar-refractivity contribution in [1.82, 2.24) is 10.6 Å². The quantitative estimate of drug-likeness (QED) is 0.597.